The summed E-state index contributed by atoms with van der Waals surface area (Å²) in [6.07, 6.45) is 1.52. The molecule has 1 aromatic carbocycles. The summed E-state index contributed by atoms with van der Waals surface area (Å²) in [5, 5.41) is 3.25. The predicted octanol–water partition coefficient (Wildman–Crippen LogP) is 2.15. The van der Waals surface area contributed by atoms with Gasteiger partial charge in [0.15, 0.2) is 5.60 Å². The predicted molar refractivity (Wildman–Crippen MR) is 63.9 cm³/mol. The summed E-state index contributed by atoms with van der Waals surface area (Å²) in [5.41, 5.74) is 0.130. The number of carbonyl (C=O) groups is 1. The topological polar surface area (TPSA) is 38.3 Å². The van der Waals surface area contributed by atoms with Gasteiger partial charge in [-0.15, -0.1) is 0 Å². The quantitative estimate of drug-likeness (QED) is 0.792. The summed E-state index contributed by atoms with van der Waals surface area (Å²) in [5.74, 6) is 0.875. The monoisotopic (exact) mass is 281 g/mol. The highest BCUT2D eigenvalue weighted by Crippen LogP contribution is 2.40. The first-order valence-corrected chi connectivity index (χ1v) is 6.25. The first-order chi connectivity index (χ1) is 7.71. The lowest BCUT2D eigenvalue weighted by Gasteiger charge is -2.31. The van der Waals surface area contributed by atoms with Gasteiger partial charge in [0.1, 0.15) is 5.75 Å². The largest absolute Gasteiger partial charge is 0.478 e. The first kappa shape index (κ1) is 10.3. The van der Waals surface area contributed by atoms with E-state index in [1.807, 2.05) is 18.2 Å². The van der Waals surface area contributed by atoms with Gasteiger partial charge in [-0.2, -0.15) is 0 Å². The van der Waals surface area contributed by atoms with Gasteiger partial charge in [0.2, 0.25) is 5.78 Å². The standard InChI is InChI=1S/C12H12BrNO2/c13-8-1-2-10-9(7-8)11(15)12(16-10)3-5-14-6-4-12/h1-2,7,14H,3-6H2. The molecule has 0 atom stereocenters. The second-order valence-corrected chi connectivity index (χ2v) is 5.23. The van der Waals surface area contributed by atoms with Crippen molar-refractivity contribution in [2.75, 3.05) is 13.1 Å². The zero-order chi connectivity index (χ0) is 11.2. The van der Waals surface area contributed by atoms with Crippen LogP contribution in [-0.2, 0) is 0 Å². The first-order valence-electron chi connectivity index (χ1n) is 5.45. The third-order valence-corrected chi connectivity index (χ3v) is 3.81. The molecule has 1 saturated heterocycles. The molecule has 1 fully saturated rings. The van der Waals surface area contributed by atoms with Gasteiger partial charge in [0.25, 0.3) is 0 Å². The van der Waals surface area contributed by atoms with Gasteiger partial charge in [-0.05, 0) is 31.3 Å². The molecular formula is C12H12BrNO2. The summed E-state index contributed by atoms with van der Waals surface area (Å²) in [4.78, 5) is 12.4. The van der Waals surface area contributed by atoms with Crippen LogP contribution in [0.15, 0.2) is 22.7 Å². The number of carbonyl (C=O) groups excluding carboxylic acids is 1. The average Bonchev–Trinajstić information content (AvgIpc) is 2.55. The summed E-state index contributed by atoms with van der Waals surface area (Å²) in [6.45, 7) is 1.70. The fourth-order valence-electron chi connectivity index (χ4n) is 2.43. The number of halogens is 1. The fraction of sp³-hybridized carbons (Fsp3) is 0.417. The average molecular weight is 282 g/mol. The smallest absolute Gasteiger partial charge is 0.210 e. The van der Waals surface area contributed by atoms with E-state index in [0.29, 0.717) is 0 Å². The lowest BCUT2D eigenvalue weighted by atomic mass is 9.87. The zero-order valence-electron chi connectivity index (χ0n) is 8.75. The van der Waals surface area contributed by atoms with E-state index >= 15 is 0 Å². The Morgan fingerprint density at radius 3 is 2.81 bits per heavy atom. The molecule has 0 aliphatic carbocycles. The molecule has 0 saturated carbocycles. The molecular weight excluding hydrogens is 270 g/mol. The minimum Gasteiger partial charge on any atom is -0.478 e. The van der Waals surface area contributed by atoms with Crippen molar-refractivity contribution in [2.24, 2.45) is 0 Å². The van der Waals surface area contributed by atoms with Crippen molar-refractivity contribution in [1.82, 2.24) is 5.32 Å². The van der Waals surface area contributed by atoms with Crippen molar-refractivity contribution in [2.45, 2.75) is 18.4 Å². The van der Waals surface area contributed by atoms with E-state index in [0.717, 1.165) is 41.7 Å². The van der Waals surface area contributed by atoms with E-state index in [2.05, 4.69) is 21.2 Å². The molecule has 0 unspecified atom stereocenters. The molecule has 1 N–H and O–H groups in total. The molecule has 0 radical (unpaired) electrons. The van der Waals surface area contributed by atoms with Gasteiger partial charge in [-0.1, -0.05) is 15.9 Å². The zero-order valence-corrected chi connectivity index (χ0v) is 10.3. The Balaban J connectivity index is 2.02. The maximum absolute atomic E-state index is 12.4. The van der Waals surface area contributed by atoms with Crippen LogP contribution in [0, 0.1) is 0 Å². The minimum atomic E-state index is -0.589. The number of benzene rings is 1. The Labute approximate surface area is 102 Å². The van der Waals surface area contributed by atoms with Crippen LogP contribution in [0.4, 0.5) is 0 Å². The molecule has 2 heterocycles. The Hall–Kier alpha value is -0.870. The molecule has 1 aromatic rings. The third-order valence-electron chi connectivity index (χ3n) is 3.32. The molecule has 2 aliphatic rings. The van der Waals surface area contributed by atoms with E-state index in [-0.39, 0.29) is 5.78 Å². The fourth-order valence-corrected chi connectivity index (χ4v) is 2.79. The van der Waals surface area contributed by atoms with Crippen LogP contribution in [0.25, 0.3) is 0 Å². The van der Waals surface area contributed by atoms with Crippen molar-refractivity contribution in [3.05, 3.63) is 28.2 Å². The number of ketones is 1. The third kappa shape index (κ3) is 1.40. The van der Waals surface area contributed by atoms with Gasteiger partial charge in [0, 0.05) is 17.3 Å². The highest BCUT2D eigenvalue weighted by Gasteiger charge is 2.48. The Morgan fingerprint density at radius 2 is 2.06 bits per heavy atom. The number of Topliss-reactive ketones (excluding diaryl/α,β-unsaturated/α-hetero) is 1. The Morgan fingerprint density at radius 1 is 1.31 bits per heavy atom. The summed E-state index contributed by atoms with van der Waals surface area (Å²) < 4.78 is 6.82. The summed E-state index contributed by atoms with van der Waals surface area (Å²) in [7, 11) is 0. The molecule has 0 bridgehead atoms. The molecule has 3 rings (SSSR count). The molecule has 2 aliphatic heterocycles. The highest BCUT2D eigenvalue weighted by atomic mass is 79.9. The van der Waals surface area contributed by atoms with Gasteiger partial charge < -0.3 is 10.1 Å². The van der Waals surface area contributed by atoms with E-state index in [9.17, 15) is 4.79 Å². The molecule has 1 spiro atoms. The van der Waals surface area contributed by atoms with Gasteiger partial charge >= 0.3 is 0 Å². The number of ether oxygens (including phenoxy) is 1. The number of rotatable bonds is 0. The number of piperidine rings is 1. The lowest BCUT2D eigenvalue weighted by molar-refractivity contribution is 0.0424. The van der Waals surface area contributed by atoms with Crippen LogP contribution < -0.4 is 10.1 Å². The number of nitrogens with one attached hydrogen (secondary N) is 1. The van der Waals surface area contributed by atoms with Crippen LogP contribution in [0.3, 0.4) is 0 Å². The number of hydrogen-bond donors (Lipinski definition) is 1. The Kier molecular flexibility index (Phi) is 2.30. The summed E-state index contributed by atoms with van der Waals surface area (Å²) in [6, 6.07) is 5.63. The molecule has 0 aromatic heterocycles. The second-order valence-electron chi connectivity index (χ2n) is 4.32. The summed E-state index contributed by atoms with van der Waals surface area (Å²) >= 11 is 3.38. The van der Waals surface area contributed by atoms with E-state index < -0.39 is 5.60 Å². The molecule has 84 valence electrons. The normalized spacial score (nSPS) is 21.9. The SMILES string of the molecule is O=C1c2cc(Br)ccc2OC12CCNCC2. The van der Waals surface area contributed by atoms with Crippen molar-refractivity contribution in [1.29, 1.82) is 0 Å². The van der Waals surface area contributed by atoms with E-state index in [1.54, 1.807) is 0 Å². The number of fused-ring (bicyclic) bond motifs is 1. The van der Waals surface area contributed by atoms with Crippen LogP contribution >= 0.6 is 15.9 Å². The highest BCUT2D eigenvalue weighted by molar-refractivity contribution is 9.10. The molecule has 16 heavy (non-hydrogen) atoms. The van der Waals surface area contributed by atoms with Crippen LogP contribution in [0.5, 0.6) is 5.75 Å². The Bertz CT molecular complexity index is 452. The van der Waals surface area contributed by atoms with Crippen LogP contribution in [0.1, 0.15) is 23.2 Å². The van der Waals surface area contributed by atoms with E-state index in [4.69, 9.17) is 4.74 Å². The maximum atomic E-state index is 12.4. The van der Waals surface area contributed by atoms with Crippen LogP contribution in [-0.4, -0.2) is 24.5 Å². The van der Waals surface area contributed by atoms with Crippen molar-refractivity contribution in [3.8, 4) is 5.75 Å². The van der Waals surface area contributed by atoms with Gasteiger partial charge in [-0.3, -0.25) is 4.79 Å². The molecule has 0 amide bonds. The van der Waals surface area contributed by atoms with Gasteiger partial charge in [0.05, 0.1) is 5.56 Å². The lowest BCUT2D eigenvalue weighted by Crippen LogP contribution is -2.49. The van der Waals surface area contributed by atoms with Crippen molar-refractivity contribution in [3.63, 3.8) is 0 Å². The molecule has 3 nitrogen and oxygen atoms in total. The maximum Gasteiger partial charge on any atom is 0.210 e. The van der Waals surface area contributed by atoms with Crippen molar-refractivity contribution >= 4 is 21.7 Å². The van der Waals surface area contributed by atoms with E-state index in [1.165, 1.54) is 0 Å². The van der Waals surface area contributed by atoms with Gasteiger partial charge in [-0.25, -0.2) is 0 Å². The number of hydrogen-bond acceptors (Lipinski definition) is 3. The second kappa shape index (κ2) is 3.57. The van der Waals surface area contributed by atoms with Crippen molar-refractivity contribution < 1.29 is 9.53 Å². The molecule has 4 heteroatoms. The minimum absolute atomic E-state index is 0.144. The van der Waals surface area contributed by atoms with Crippen LogP contribution in [0.2, 0.25) is 0 Å².